The zero-order valence-corrected chi connectivity index (χ0v) is 15.1. The molecule has 130 valence electrons. The van der Waals surface area contributed by atoms with Crippen LogP contribution in [0.25, 0.3) is 11.4 Å². The van der Waals surface area contributed by atoms with Crippen molar-refractivity contribution in [3.8, 4) is 11.4 Å². The normalized spacial score (nSPS) is 11.6. The Balaban J connectivity index is 1.94. The first-order valence-electron chi connectivity index (χ1n) is 7.73. The van der Waals surface area contributed by atoms with E-state index in [2.05, 4.69) is 4.98 Å². The van der Waals surface area contributed by atoms with Gasteiger partial charge in [0.2, 0.25) is 0 Å². The van der Waals surface area contributed by atoms with Gasteiger partial charge in [0.1, 0.15) is 5.82 Å². The van der Waals surface area contributed by atoms with Crippen LogP contribution in [0, 0.1) is 6.92 Å². The number of sulfone groups is 1. The molecule has 0 aliphatic rings. The van der Waals surface area contributed by atoms with Crippen LogP contribution in [0.2, 0.25) is 0 Å². The second-order valence-corrected chi connectivity index (χ2v) is 8.14. The minimum atomic E-state index is -3.20. The van der Waals surface area contributed by atoms with Gasteiger partial charge < -0.3 is 9.13 Å². The predicted octanol–water partition coefficient (Wildman–Crippen LogP) is 2.01. The molecular weight excluding hydrogens is 338 g/mol. The van der Waals surface area contributed by atoms with E-state index < -0.39 is 9.84 Å². The lowest BCUT2D eigenvalue weighted by Gasteiger charge is -2.10. The van der Waals surface area contributed by atoms with Gasteiger partial charge in [-0.05, 0) is 30.7 Å². The summed E-state index contributed by atoms with van der Waals surface area (Å²) in [4.78, 5) is 16.6. The van der Waals surface area contributed by atoms with Crippen LogP contribution in [-0.2, 0) is 23.4 Å². The quantitative estimate of drug-likeness (QED) is 0.716. The molecule has 1 aromatic carbocycles. The second-order valence-electron chi connectivity index (χ2n) is 6.12. The average Bonchev–Trinajstić information content (AvgIpc) is 3.00. The standard InChI is InChI=1S/C18H19N3O3S/c1-13-10-15(12-20(2)18(13)22)17-19-8-9-21(17)11-14-4-6-16(7-5-14)25(3,23)24/h4-10,12H,11H2,1-3H3. The van der Waals surface area contributed by atoms with E-state index in [1.165, 1.54) is 6.26 Å². The average molecular weight is 357 g/mol. The Hall–Kier alpha value is -2.67. The van der Waals surface area contributed by atoms with Gasteiger partial charge in [-0.2, -0.15) is 0 Å². The molecule has 0 saturated carbocycles. The summed E-state index contributed by atoms with van der Waals surface area (Å²) in [7, 11) is -1.48. The fraction of sp³-hybridized carbons (Fsp3) is 0.222. The maximum Gasteiger partial charge on any atom is 0.253 e. The number of aryl methyl sites for hydroxylation is 2. The highest BCUT2D eigenvalue weighted by molar-refractivity contribution is 7.90. The number of rotatable bonds is 4. The zero-order valence-electron chi connectivity index (χ0n) is 14.3. The van der Waals surface area contributed by atoms with Crippen molar-refractivity contribution in [2.24, 2.45) is 7.05 Å². The molecule has 3 aromatic rings. The molecule has 0 bridgehead atoms. The third kappa shape index (κ3) is 3.56. The molecule has 0 aliphatic heterocycles. The summed E-state index contributed by atoms with van der Waals surface area (Å²) in [6.45, 7) is 2.34. The van der Waals surface area contributed by atoms with Gasteiger partial charge in [0.25, 0.3) is 5.56 Å². The molecule has 0 saturated heterocycles. The predicted molar refractivity (Wildman–Crippen MR) is 96.3 cm³/mol. The van der Waals surface area contributed by atoms with Gasteiger partial charge in [0, 0.05) is 49.6 Å². The number of hydrogen-bond acceptors (Lipinski definition) is 4. The van der Waals surface area contributed by atoms with Crippen LogP contribution >= 0.6 is 0 Å². The van der Waals surface area contributed by atoms with E-state index in [0.29, 0.717) is 17.0 Å². The minimum absolute atomic E-state index is 0.0294. The van der Waals surface area contributed by atoms with Crippen LogP contribution in [0.1, 0.15) is 11.1 Å². The largest absolute Gasteiger partial charge is 0.327 e. The highest BCUT2D eigenvalue weighted by atomic mass is 32.2. The van der Waals surface area contributed by atoms with Crippen molar-refractivity contribution >= 4 is 9.84 Å². The van der Waals surface area contributed by atoms with Crippen molar-refractivity contribution in [1.29, 1.82) is 0 Å². The van der Waals surface area contributed by atoms with Gasteiger partial charge in [-0.3, -0.25) is 4.79 Å². The second kappa shape index (κ2) is 6.33. The lowest BCUT2D eigenvalue weighted by Crippen LogP contribution is -2.18. The van der Waals surface area contributed by atoms with Gasteiger partial charge in [0.05, 0.1) is 4.90 Å². The lowest BCUT2D eigenvalue weighted by molar-refractivity contribution is 0.602. The summed E-state index contributed by atoms with van der Waals surface area (Å²) < 4.78 is 26.6. The van der Waals surface area contributed by atoms with E-state index >= 15 is 0 Å². The van der Waals surface area contributed by atoms with E-state index in [1.807, 2.05) is 16.8 Å². The molecule has 6 nitrogen and oxygen atoms in total. The SMILES string of the molecule is Cc1cc(-c2nccn2Cc2ccc(S(C)(=O)=O)cc2)cn(C)c1=O. The maximum absolute atomic E-state index is 11.9. The molecule has 7 heteroatoms. The van der Waals surface area contributed by atoms with Crippen molar-refractivity contribution in [1.82, 2.24) is 14.1 Å². The fourth-order valence-corrected chi connectivity index (χ4v) is 3.37. The molecule has 3 rings (SSSR count). The van der Waals surface area contributed by atoms with Crippen LogP contribution in [0.15, 0.2) is 58.6 Å². The lowest BCUT2D eigenvalue weighted by atomic mass is 10.2. The Morgan fingerprint density at radius 2 is 1.84 bits per heavy atom. The van der Waals surface area contributed by atoms with Crippen molar-refractivity contribution in [3.63, 3.8) is 0 Å². The maximum atomic E-state index is 11.9. The molecule has 0 amide bonds. The van der Waals surface area contributed by atoms with E-state index in [4.69, 9.17) is 0 Å². The van der Waals surface area contributed by atoms with E-state index in [1.54, 1.807) is 55.2 Å². The van der Waals surface area contributed by atoms with Gasteiger partial charge >= 0.3 is 0 Å². The van der Waals surface area contributed by atoms with Crippen molar-refractivity contribution in [2.45, 2.75) is 18.4 Å². The summed E-state index contributed by atoms with van der Waals surface area (Å²) in [5.74, 6) is 0.755. The smallest absolute Gasteiger partial charge is 0.253 e. The van der Waals surface area contributed by atoms with Crippen molar-refractivity contribution in [3.05, 3.63) is 70.4 Å². The Labute approximate surface area is 146 Å². The zero-order chi connectivity index (χ0) is 18.2. The van der Waals surface area contributed by atoms with Crippen molar-refractivity contribution in [2.75, 3.05) is 6.26 Å². The summed E-state index contributed by atoms with van der Waals surface area (Å²) in [5.41, 5.74) is 2.45. The summed E-state index contributed by atoms with van der Waals surface area (Å²) >= 11 is 0. The topological polar surface area (TPSA) is 74.0 Å². The Morgan fingerprint density at radius 1 is 1.16 bits per heavy atom. The molecule has 0 radical (unpaired) electrons. The number of nitrogens with zero attached hydrogens (tertiary/aromatic N) is 3. The summed E-state index contributed by atoms with van der Waals surface area (Å²) in [5, 5.41) is 0. The first-order valence-corrected chi connectivity index (χ1v) is 9.62. The van der Waals surface area contributed by atoms with Gasteiger partial charge in [-0.15, -0.1) is 0 Å². The molecular formula is C18H19N3O3S. The minimum Gasteiger partial charge on any atom is -0.327 e. The molecule has 0 unspecified atom stereocenters. The molecule has 0 atom stereocenters. The number of hydrogen-bond donors (Lipinski definition) is 0. The number of imidazole rings is 1. The highest BCUT2D eigenvalue weighted by Gasteiger charge is 2.11. The van der Waals surface area contributed by atoms with Crippen LogP contribution < -0.4 is 5.56 Å². The van der Waals surface area contributed by atoms with E-state index in [9.17, 15) is 13.2 Å². The van der Waals surface area contributed by atoms with Crippen LogP contribution in [0.5, 0.6) is 0 Å². The number of benzene rings is 1. The van der Waals surface area contributed by atoms with E-state index in [-0.39, 0.29) is 5.56 Å². The third-order valence-corrected chi connectivity index (χ3v) is 5.17. The highest BCUT2D eigenvalue weighted by Crippen LogP contribution is 2.19. The summed E-state index contributed by atoms with van der Waals surface area (Å²) in [6, 6.07) is 8.64. The Bertz CT molecular complexity index is 1050. The Morgan fingerprint density at radius 3 is 2.44 bits per heavy atom. The summed E-state index contributed by atoms with van der Waals surface area (Å²) in [6.07, 6.45) is 6.53. The number of aromatic nitrogens is 3. The monoisotopic (exact) mass is 357 g/mol. The molecule has 0 spiro atoms. The first-order chi connectivity index (χ1) is 11.8. The van der Waals surface area contributed by atoms with Gasteiger partial charge in [-0.25, -0.2) is 13.4 Å². The number of pyridine rings is 1. The van der Waals surface area contributed by atoms with Crippen LogP contribution in [-0.4, -0.2) is 28.8 Å². The van der Waals surface area contributed by atoms with Crippen molar-refractivity contribution < 1.29 is 8.42 Å². The van der Waals surface area contributed by atoms with Gasteiger partial charge in [0.15, 0.2) is 9.84 Å². The first kappa shape index (κ1) is 17.2. The molecule has 2 heterocycles. The third-order valence-electron chi connectivity index (χ3n) is 4.04. The molecule has 25 heavy (non-hydrogen) atoms. The molecule has 2 aromatic heterocycles. The molecule has 0 N–H and O–H groups in total. The Kier molecular flexibility index (Phi) is 4.34. The van der Waals surface area contributed by atoms with Crippen LogP contribution in [0.3, 0.4) is 0 Å². The van der Waals surface area contributed by atoms with E-state index in [0.717, 1.165) is 17.0 Å². The fourth-order valence-electron chi connectivity index (χ4n) is 2.74. The molecule has 0 fully saturated rings. The molecule has 0 aliphatic carbocycles. The van der Waals surface area contributed by atoms with Gasteiger partial charge in [-0.1, -0.05) is 12.1 Å². The van der Waals surface area contributed by atoms with Crippen LogP contribution in [0.4, 0.5) is 0 Å².